The van der Waals surface area contributed by atoms with Crippen LogP contribution in [0.3, 0.4) is 0 Å². The van der Waals surface area contributed by atoms with Crippen molar-refractivity contribution in [2.45, 2.75) is 52.3 Å². The molecule has 0 spiro atoms. The molecular formula is C31H30N4O5. The van der Waals surface area contributed by atoms with Crippen molar-refractivity contribution < 1.29 is 23.8 Å². The smallest absolute Gasteiger partial charge is 0.320 e. The van der Waals surface area contributed by atoms with Crippen molar-refractivity contribution in [1.29, 1.82) is 0 Å². The minimum absolute atomic E-state index is 0.176. The lowest BCUT2D eigenvalue weighted by Crippen LogP contribution is -2.43. The maximum absolute atomic E-state index is 11.7. The molecule has 0 bridgehead atoms. The van der Waals surface area contributed by atoms with Crippen LogP contribution < -0.4 is 0 Å². The number of aliphatic hydroxyl groups excluding tert-OH is 1. The molecular weight excluding hydrogens is 508 g/mol. The zero-order valence-corrected chi connectivity index (χ0v) is 22.4. The van der Waals surface area contributed by atoms with Crippen LogP contribution in [-0.2, 0) is 17.9 Å². The number of oxazole rings is 1. The van der Waals surface area contributed by atoms with Crippen molar-refractivity contribution >= 4 is 17.1 Å². The molecule has 2 N–H and O–H groups in total. The molecule has 5 aromatic rings. The fourth-order valence-electron chi connectivity index (χ4n) is 5.63. The quantitative estimate of drug-likeness (QED) is 0.266. The zero-order valence-electron chi connectivity index (χ0n) is 22.4. The highest BCUT2D eigenvalue weighted by Gasteiger charge is 2.28. The molecule has 3 aromatic carbocycles. The number of aliphatic carboxylic acids is 1. The normalized spacial score (nSPS) is 16.0. The summed E-state index contributed by atoms with van der Waals surface area (Å²) in [7, 11) is 0. The predicted octanol–water partition coefficient (Wildman–Crippen LogP) is 5.76. The first-order valence-corrected chi connectivity index (χ1v) is 13.4. The third kappa shape index (κ3) is 4.78. The van der Waals surface area contributed by atoms with E-state index in [2.05, 4.69) is 29.3 Å². The largest absolute Gasteiger partial charge is 0.480 e. The zero-order chi connectivity index (χ0) is 27.8. The molecule has 1 aliphatic rings. The maximum Gasteiger partial charge on any atom is 0.320 e. The Bertz CT molecular complexity index is 1710. The van der Waals surface area contributed by atoms with Gasteiger partial charge in [-0.1, -0.05) is 36.8 Å². The number of piperidine rings is 1. The van der Waals surface area contributed by atoms with Gasteiger partial charge in [0.05, 0.1) is 0 Å². The van der Waals surface area contributed by atoms with Crippen molar-refractivity contribution in [1.82, 2.24) is 20.1 Å². The molecule has 0 saturated carbocycles. The van der Waals surface area contributed by atoms with Gasteiger partial charge in [-0.2, -0.15) is 0 Å². The van der Waals surface area contributed by atoms with Gasteiger partial charge in [0, 0.05) is 17.7 Å². The number of aliphatic hydroxyl groups is 1. The molecule has 0 radical (unpaired) electrons. The number of fused-ring (bicyclic) bond motifs is 1. The van der Waals surface area contributed by atoms with Gasteiger partial charge in [-0.05, 0) is 85.3 Å². The second-order valence-corrected chi connectivity index (χ2v) is 10.3. The molecule has 204 valence electrons. The lowest BCUT2D eigenvalue weighted by molar-refractivity contribution is -0.144. The van der Waals surface area contributed by atoms with Crippen LogP contribution in [0.2, 0.25) is 0 Å². The molecule has 3 heterocycles. The minimum atomic E-state index is -0.757. The number of hydrogen-bond donors (Lipinski definition) is 2. The summed E-state index contributed by atoms with van der Waals surface area (Å²) in [4.78, 5) is 18.6. The van der Waals surface area contributed by atoms with Gasteiger partial charge in [-0.15, -0.1) is 10.2 Å². The van der Waals surface area contributed by atoms with Crippen LogP contribution in [-0.4, -0.2) is 48.9 Å². The number of hydrogen-bond acceptors (Lipinski definition) is 8. The molecule has 0 unspecified atom stereocenters. The summed E-state index contributed by atoms with van der Waals surface area (Å²) in [6, 6.07) is 17.4. The summed E-state index contributed by atoms with van der Waals surface area (Å²) in [5, 5.41) is 26.9. The van der Waals surface area contributed by atoms with Crippen LogP contribution in [0, 0.1) is 13.8 Å². The Labute approximate surface area is 231 Å². The Kier molecular flexibility index (Phi) is 6.91. The van der Waals surface area contributed by atoms with Gasteiger partial charge in [0.15, 0.2) is 5.58 Å². The Hall–Kier alpha value is -4.34. The van der Waals surface area contributed by atoms with E-state index in [0.29, 0.717) is 30.3 Å². The van der Waals surface area contributed by atoms with Crippen molar-refractivity contribution in [3.8, 4) is 34.0 Å². The average Bonchev–Trinajstić information content (AvgIpc) is 3.61. The van der Waals surface area contributed by atoms with E-state index in [4.69, 9.17) is 13.8 Å². The van der Waals surface area contributed by atoms with Crippen molar-refractivity contribution in [2.24, 2.45) is 0 Å². The van der Waals surface area contributed by atoms with Crippen molar-refractivity contribution in [3.05, 3.63) is 77.2 Å². The number of carbonyl (C=O) groups is 1. The third-order valence-corrected chi connectivity index (χ3v) is 7.76. The van der Waals surface area contributed by atoms with Crippen LogP contribution in [0.25, 0.3) is 45.1 Å². The maximum atomic E-state index is 11.7. The minimum Gasteiger partial charge on any atom is -0.480 e. The van der Waals surface area contributed by atoms with E-state index in [1.54, 1.807) is 0 Å². The molecule has 2 aromatic heterocycles. The summed E-state index contributed by atoms with van der Waals surface area (Å²) in [5.74, 6) is 0.319. The van der Waals surface area contributed by atoms with Crippen molar-refractivity contribution in [3.63, 3.8) is 0 Å². The van der Waals surface area contributed by atoms with E-state index >= 15 is 0 Å². The van der Waals surface area contributed by atoms with E-state index in [9.17, 15) is 15.0 Å². The number of likely N-dealkylation sites (tertiary alicyclic amines) is 1. The van der Waals surface area contributed by atoms with Gasteiger partial charge in [-0.25, -0.2) is 4.98 Å². The van der Waals surface area contributed by atoms with Crippen molar-refractivity contribution in [2.75, 3.05) is 6.54 Å². The highest BCUT2D eigenvalue weighted by Crippen LogP contribution is 2.37. The molecule has 6 rings (SSSR count). The second kappa shape index (κ2) is 10.7. The monoisotopic (exact) mass is 538 g/mol. The molecule has 1 fully saturated rings. The van der Waals surface area contributed by atoms with E-state index in [1.165, 1.54) is 0 Å². The van der Waals surface area contributed by atoms with Crippen LogP contribution in [0.5, 0.6) is 0 Å². The molecule has 1 atom stereocenters. The van der Waals surface area contributed by atoms with E-state index in [-0.39, 0.29) is 12.5 Å². The average molecular weight is 539 g/mol. The van der Waals surface area contributed by atoms with E-state index < -0.39 is 12.0 Å². The summed E-state index contributed by atoms with van der Waals surface area (Å²) >= 11 is 0. The summed E-state index contributed by atoms with van der Waals surface area (Å²) in [6.45, 7) is 5.10. The first kappa shape index (κ1) is 25.9. The van der Waals surface area contributed by atoms with Gasteiger partial charge < -0.3 is 19.0 Å². The predicted molar refractivity (Wildman–Crippen MR) is 149 cm³/mol. The number of nitrogens with zero attached hydrogens (tertiary/aromatic N) is 4. The first-order valence-electron chi connectivity index (χ1n) is 13.4. The summed E-state index contributed by atoms with van der Waals surface area (Å²) < 4.78 is 11.8. The Balaban J connectivity index is 1.32. The number of benzene rings is 3. The molecule has 1 aliphatic heterocycles. The molecule has 9 heteroatoms. The van der Waals surface area contributed by atoms with Gasteiger partial charge in [0.1, 0.15) is 18.2 Å². The molecule has 0 amide bonds. The highest BCUT2D eigenvalue weighted by molar-refractivity contribution is 5.83. The van der Waals surface area contributed by atoms with E-state index in [0.717, 1.165) is 63.8 Å². The SMILES string of the molecule is Cc1c(-c2nnc(CO)o2)cccc1-c1cccc(-c2nc3cc(CN4CCCC[C@H]4C(=O)O)ccc3o2)c1C. The van der Waals surface area contributed by atoms with E-state index in [1.807, 2.05) is 54.3 Å². The fraction of sp³-hybridized carbons (Fsp3) is 0.290. The number of carboxylic acids is 1. The van der Waals surface area contributed by atoms with Crippen LogP contribution >= 0.6 is 0 Å². The Morgan fingerprint density at radius 3 is 2.30 bits per heavy atom. The number of carboxylic acid groups (broad SMARTS) is 1. The van der Waals surface area contributed by atoms with Gasteiger partial charge in [-0.3, -0.25) is 9.69 Å². The number of aromatic nitrogens is 3. The standard InChI is InChI=1S/C31H30N4O5/c1-18-21(22-8-6-10-24(19(22)2)30-34-33-28(17-36)40-30)7-5-9-23(18)29-32-25-15-20(12-13-27(25)39-29)16-35-14-4-3-11-26(35)31(37)38/h5-10,12-13,15,26,36H,3-4,11,14,16-17H2,1-2H3,(H,37,38)/t26-/m0/s1. The molecule has 40 heavy (non-hydrogen) atoms. The lowest BCUT2D eigenvalue weighted by Gasteiger charge is -2.32. The van der Waals surface area contributed by atoms with Crippen LogP contribution in [0.1, 0.15) is 41.8 Å². The highest BCUT2D eigenvalue weighted by atomic mass is 16.4. The number of rotatable bonds is 7. The lowest BCUT2D eigenvalue weighted by atomic mass is 9.91. The first-order chi connectivity index (χ1) is 19.4. The Morgan fingerprint density at radius 1 is 0.925 bits per heavy atom. The Morgan fingerprint density at radius 2 is 1.62 bits per heavy atom. The fourth-order valence-corrected chi connectivity index (χ4v) is 5.63. The second-order valence-electron chi connectivity index (χ2n) is 10.3. The van der Waals surface area contributed by atoms with Gasteiger partial charge >= 0.3 is 5.97 Å². The molecule has 1 saturated heterocycles. The molecule has 0 aliphatic carbocycles. The summed E-state index contributed by atoms with van der Waals surface area (Å²) in [6.07, 6.45) is 2.64. The molecule has 9 nitrogen and oxygen atoms in total. The van der Waals surface area contributed by atoms with Crippen LogP contribution in [0.15, 0.2) is 63.4 Å². The summed E-state index contributed by atoms with van der Waals surface area (Å²) in [5.41, 5.74) is 8.21. The van der Waals surface area contributed by atoms with Crippen LogP contribution in [0.4, 0.5) is 0 Å². The third-order valence-electron chi connectivity index (χ3n) is 7.76. The van der Waals surface area contributed by atoms with Gasteiger partial charge in [0.2, 0.25) is 17.7 Å². The van der Waals surface area contributed by atoms with Gasteiger partial charge in [0.25, 0.3) is 0 Å². The topological polar surface area (TPSA) is 126 Å².